The molecule has 0 aromatic carbocycles. The second-order valence-corrected chi connectivity index (χ2v) is 8.65. The molecular formula is C19H25ClN4O2S. The maximum absolute atomic E-state index is 12.9. The average Bonchev–Trinajstić information content (AvgIpc) is 3.29. The first kappa shape index (κ1) is 18.9. The van der Waals surface area contributed by atoms with Crippen LogP contribution in [0.25, 0.3) is 0 Å². The normalized spacial score (nSPS) is 23.2. The summed E-state index contributed by atoms with van der Waals surface area (Å²) in [5, 5.41) is 13.8. The highest BCUT2D eigenvalue weighted by Crippen LogP contribution is 2.44. The molecule has 8 heteroatoms. The van der Waals surface area contributed by atoms with E-state index in [4.69, 9.17) is 4.74 Å². The van der Waals surface area contributed by atoms with E-state index in [1.54, 1.807) is 11.3 Å². The van der Waals surface area contributed by atoms with Crippen molar-refractivity contribution in [3.05, 3.63) is 38.8 Å². The maximum atomic E-state index is 12.9. The minimum Gasteiger partial charge on any atom is -0.369 e. The fourth-order valence-corrected chi connectivity index (χ4v) is 5.84. The molecule has 0 radical (unpaired) electrons. The van der Waals surface area contributed by atoms with Gasteiger partial charge in [-0.3, -0.25) is 9.89 Å². The number of amides is 1. The number of hydrogen-bond donors (Lipinski definition) is 3. The Hall–Kier alpha value is -1.41. The Balaban J connectivity index is 0.00000180. The summed E-state index contributed by atoms with van der Waals surface area (Å²) in [6, 6.07) is 2.28. The number of thiophene rings is 1. The molecule has 1 unspecified atom stereocenters. The number of ether oxygens (including phenoxy) is 1. The Bertz CT molecular complexity index is 828. The van der Waals surface area contributed by atoms with Crippen LogP contribution < -0.4 is 10.6 Å². The summed E-state index contributed by atoms with van der Waals surface area (Å²) >= 11 is 1.64. The zero-order valence-corrected chi connectivity index (χ0v) is 16.8. The SMILES string of the molecule is Cl.O=C(NC1CCc2cn[nH]c2C1)c1cc2c(s1)C1(CCNCC1)OCC2. The van der Waals surface area contributed by atoms with Crippen LogP contribution in [0.5, 0.6) is 0 Å². The Morgan fingerprint density at radius 2 is 2.15 bits per heavy atom. The number of hydrogen-bond acceptors (Lipinski definition) is 5. The lowest BCUT2D eigenvalue weighted by molar-refractivity contribution is -0.0771. The van der Waals surface area contributed by atoms with Gasteiger partial charge in [-0.15, -0.1) is 23.7 Å². The minimum absolute atomic E-state index is 0. The molecule has 1 saturated heterocycles. The first-order valence-electron chi connectivity index (χ1n) is 9.53. The molecule has 6 nitrogen and oxygen atoms in total. The molecular weight excluding hydrogens is 384 g/mol. The van der Waals surface area contributed by atoms with E-state index in [2.05, 4.69) is 26.9 Å². The van der Waals surface area contributed by atoms with E-state index in [1.165, 1.54) is 16.0 Å². The van der Waals surface area contributed by atoms with Crippen LogP contribution in [0.3, 0.4) is 0 Å². The summed E-state index contributed by atoms with van der Waals surface area (Å²) in [6.45, 7) is 2.72. The van der Waals surface area contributed by atoms with Crippen molar-refractivity contribution in [1.82, 2.24) is 20.8 Å². The highest BCUT2D eigenvalue weighted by Gasteiger charge is 2.41. The third-order valence-corrected chi connectivity index (χ3v) is 7.32. The fraction of sp³-hybridized carbons (Fsp3) is 0.579. The number of carbonyl (C=O) groups is 1. The quantitative estimate of drug-likeness (QED) is 0.712. The van der Waals surface area contributed by atoms with Crippen molar-refractivity contribution in [3.8, 4) is 0 Å². The Morgan fingerprint density at radius 1 is 1.30 bits per heavy atom. The predicted octanol–water partition coefficient (Wildman–Crippen LogP) is 2.33. The molecule has 4 heterocycles. The lowest BCUT2D eigenvalue weighted by Crippen LogP contribution is -2.44. The number of nitrogens with zero attached hydrogens (tertiary/aromatic N) is 1. The van der Waals surface area contributed by atoms with E-state index in [1.807, 2.05) is 6.20 Å². The monoisotopic (exact) mass is 408 g/mol. The molecule has 2 aromatic rings. The van der Waals surface area contributed by atoms with Crippen molar-refractivity contribution >= 4 is 29.7 Å². The van der Waals surface area contributed by atoms with Crippen molar-refractivity contribution < 1.29 is 9.53 Å². The fourth-order valence-electron chi connectivity index (χ4n) is 4.52. The molecule has 1 spiro atoms. The molecule has 146 valence electrons. The topological polar surface area (TPSA) is 79.0 Å². The predicted molar refractivity (Wildman–Crippen MR) is 107 cm³/mol. The lowest BCUT2D eigenvalue weighted by Gasteiger charge is -2.40. The van der Waals surface area contributed by atoms with Gasteiger partial charge in [0.25, 0.3) is 5.91 Å². The summed E-state index contributed by atoms with van der Waals surface area (Å²) in [7, 11) is 0. The highest BCUT2D eigenvalue weighted by molar-refractivity contribution is 7.14. The van der Waals surface area contributed by atoms with E-state index in [0.717, 1.165) is 68.8 Å². The lowest BCUT2D eigenvalue weighted by atomic mass is 9.86. The second kappa shape index (κ2) is 7.54. The van der Waals surface area contributed by atoms with Crippen LogP contribution in [0, 0.1) is 0 Å². The Labute approximate surface area is 168 Å². The third kappa shape index (κ3) is 3.42. The van der Waals surface area contributed by atoms with Gasteiger partial charge in [-0.25, -0.2) is 0 Å². The van der Waals surface area contributed by atoms with E-state index in [9.17, 15) is 4.79 Å². The van der Waals surface area contributed by atoms with Gasteiger partial charge in [0.2, 0.25) is 0 Å². The minimum atomic E-state index is -0.169. The number of carbonyl (C=O) groups excluding carboxylic acids is 1. The molecule has 1 fully saturated rings. The van der Waals surface area contributed by atoms with Crippen LogP contribution in [0.1, 0.15) is 50.6 Å². The van der Waals surface area contributed by atoms with Gasteiger partial charge in [0.05, 0.1) is 17.7 Å². The zero-order valence-electron chi connectivity index (χ0n) is 15.2. The van der Waals surface area contributed by atoms with Gasteiger partial charge >= 0.3 is 0 Å². The zero-order chi connectivity index (χ0) is 17.6. The summed E-state index contributed by atoms with van der Waals surface area (Å²) in [6.07, 6.45) is 7.59. The van der Waals surface area contributed by atoms with Crippen LogP contribution >= 0.6 is 23.7 Å². The molecule has 3 aliphatic rings. The Kier molecular flexibility index (Phi) is 5.29. The van der Waals surface area contributed by atoms with Gasteiger partial charge in [0, 0.05) is 23.0 Å². The van der Waals surface area contributed by atoms with E-state index < -0.39 is 0 Å². The average molecular weight is 409 g/mol. The maximum Gasteiger partial charge on any atom is 0.261 e. The molecule has 2 aliphatic heterocycles. The number of aromatic amines is 1. The molecule has 5 rings (SSSR count). The summed E-state index contributed by atoms with van der Waals surface area (Å²) in [5.41, 5.74) is 3.59. The molecule has 27 heavy (non-hydrogen) atoms. The number of halogens is 1. The van der Waals surface area contributed by atoms with E-state index in [-0.39, 0.29) is 30.0 Å². The smallest absolute Gasteiger partial charge is 0.261 e. The number of nitrogens with one attached hydrogen (secondary N) is 3. The van der Waals surface area contributed by atoms with Crippen molar-refractivity contribution in [3.63, 3.8) is 0 Å². The van der Waals surface area contributed by atoms with Gasteiger partial charge < -0.3 is 15.4 Å². The molecule has 1 atom stereocenters. The van der Waals surface area contributed by atoms with Gasteiger partial charge in [0.1, 0.15) is 5.60 Å². The second-order valence-electron chi connectivity index (χ2n) is 7.59. The van der Waals surface area contributed by atoms with Crippen LogP contribution in [0.4, 0.5) is 0 Å². The standard InChI is InChI=1S/C19H24N4O2S.ClH/c24-18(22-14-2-1-13-11-21-23-15(13)10-14)16-9-12-3-8-25-19(17(12)26-16)4-6-20-7-5-19;/h9,11,14,20H,1-8,10H2,(H,21,23)(H,22,24);1H. The van der Waals surface area contributed by atoms with Crippen LogP contribution in [-0.2, 0) is 29.6 Å². The largest absolute Gasteiger partial charge is 0.369 e. The summed E-state index contributed by atoms with van der Waals surface area (Å²) in [5.74, 6) is 0.0569. The number of rotatable bonds is 2. The summed E-state index contributed by atoms with van der Waals surface area (Å²) in [4.78, 5) is 15.0. The molecule has 0 bridgehead atoms. The first-order chi connectivity index (χ1) is 12.7. The van der Waals surface area contributed by atoms with Crippen LogP contribution in [0.2, 0.25) is 0 Å². The number of H-pyrrole nitrogens is 1. The van der Waals surface area contributed by atoms with Gasteiger partial charge in [0.15, 0.2) is 0 Å². The van der Waals surface area contributed by atoms with E-state index in [0.29, 0.717) is 0 Å². The Morgan fingerprint density at radius 3 is 3.00 bits per heavy atom. The van der Waals surface area contributed by atoms with Gasteiger partial charge in [-0.2, -0.15) is 5.10 Å². The molecule has 3 N–H and O–H groups in total. The van der Waals surface area contributed by atoms with Crippen LogP contribution in [-0.4, -0.2) is 41.8 Å². The van der Waals surface area contributed by atoms with Crippen molar-refractivity contribution in [2.24, 2.45) is 0 Å². The van der Waals surface area contributed by atoms with Crippen molar-refractivity contribution in [1.29, 1.82) is 0 Å². The van der Waals surface area contributed by atoms with Crippen molar-refractivity contribution in [2.75, 3.05) is 19.7 Å². The number of piperidine rings is 1. The number of aromatic nitrogens is 2. The van der Waals surface area contributed by atoms with Gasteiger partial charge in [-0.05, 0) is 62.4 Å². The highest BCUT2D eigenvalue weighted by atomic mass is 35.5. The summed E-state index contributed by atoms with van der Waals surface area (Å²) < 4.78 is 6.23. The van der Waals surface area contributed by atoms with E-state index >= 15 is 0 Å². The molecule has 2 aromatic heterocycles. The van der Waals surface area contributed by atoms with Crippen molar-refractivity contribution in [2.45, 2.75) is 50.2 Å². The third-order valence-electron chi connectivity index (χ3n) is 5.96. The van der Waals surface area contributed by atoms with Crippen LogP contribution in [0.15, 0.2) is 12.3 Å². The molecule has 1 amide bonds. The molecule has 0 saturated carbocycles. The van der Waals surface area contributed by atoms with Gasteiger partial charge in [-0.1, -0.05) is 0 Å². The number of fused-ring (bicyclic) bond motifs is 3. The first-order valence-corrected chi connectivity index (χ1v) is 10.3. The molecule has 1 aliphatic carbocycles. The number of aryl methyl sites for hydroxylation is 1.